The average Bonchev–Trinajstić information content (AvgIpc) is 2.21. The molecule has 0 aliphatic carbocycles. The number of carbonyl (C=O) groups is 1. The SMILES string of the molecule is COC(=O)Cc1cc(C#N)c(C)cc1Br. The summed E-state index contributed by atoms with van der Waals surface area (Å²) in [6.07, 6.45) is 0.173. The van der Waals surface area contributed by atoms with Gasteiger partial charge in [-0.2, -0.15) is 5.26 Å². The summed E-state index contributed by atoms with van der Waals surface area (Å²) < 4.78 is 5.39. The van der Waals surface area contributed by atoms with Crippen LogP contribution in [0.5, 0.6) is 0 Å². The van der Waals surface area contributed by atoms with Crippen molar-refractivity contribution in [3.63, 3.8) is 0 Å². The van der Waals surface area contributed by atoms with E-state index in [1.54, 1.807) is 6.07 Å². The molecule has 0 atom stereocenters. The number of hydrogen-bond donors (Lipinski definition) is 0. The van der Waals surface area contributed by atoms with E-state index in [9.17, 15) is 4.79 Å². The average molecular weight is 268 g/mol. The first-order chi connectivity index (χ1) is 7.08. The Kier molecular flexibility index (Phi) is 3.87. The fourth-order valence-corrected chi connectivity index (χ4v) is 1.80. The normalized spacial score (nSPS) is 9.47. The third-order valence-electron chi connectivity index (χ3n) is 2.08. The molecular weight excluding hydrogens is 258 g/mol. The number of rotatable bonds is 2. The monoisotopic (exact) mass is 267 g/mol. The molecule has 0 N–H and O–H groups in total. The summed E-state index contributed by atoms with van der Waals surface area (Å²) in [5.41, 5.74) is 2.24. The lowest BCUT2D eigenvalue weighted by Gasteiger charge is -2.06. The molecule has 78 valence electrons. The van der Waals surface area contributed by atoms with Crippen LogP contribution in [0.3, 0.4) is 0 Å². The van der Waals surface area contributed by atoms with Crippen molar-refractivity contribution in [1.29, 1.82) is 5.26 Å². The fraction of sp³-hybridized carbons (Fsp3) is 0.273. The number of aryl methyl sites for hydroxylation is 1. The van der Waals surface area contributed by atoms with Crippen LogP contribution in [-0.2, 0) is 16.0 Å². The quantitative estimate of drug-likeness (QED) is 0.773. The molecular formula is C11H10BrNO2. The number of ether oxygens (including phenoxy) is 1. The highest BCUT2D eigenvalue weighted by Gasteiger charge is 2.09. The lowest BCUT2D eigenvalue weighted by molar-refractivity contribution is -0.139. The van der Waals surface area contributed by atoms with E-state index in [2.05, 4.69) is 26.7 Å². The largest absolute Gasteiger partial charge is 0.469 e. The van der Waals surface area contributed by atoms with Crippen molar-refractivity contribution >= 4 is 21.9 Å². The summed E-state index contributed by atoms with van der Waals surface area (Å²) in [6.45, 7) is 1.85. The Balaban J connectivity index is 3.09. The Bertz CT molecular complexity index is 435. The molecule has 1 aromatic rings. The van der Waals surface area contributed by atoms with Gasteiger partial charge in [0.2, 0.25) is 0 Å². The van der Waals surface area contributed by atoms with Crippen LogP contribution >= 0.6 is 15.9 Å². The van der Waals surface area contributed by atoms with Crippen LogP contribution in [0.25, 0.3) is 0 Å². The van der Waals surface area contributed by atoms with Crippen molar-refractivity contribution in [3.8, 4) is 6.07 Å². The highest BCUT2D eigenvalue weighted by molar-refractivity contribution is 9.10. The molecule has 0 aliphatic heterocycles. The Labute approximate surface area is 96.8 Å². The van der Waals surface area contributed by atoms with Gasteiger partial charge in [-0.1, -0.05) is 15.9 Å². The second kappa shape index (κ2) is 4.94. The minimum absolute atomic E-state index is 0.173. The van der Waals surface area contributed by atoms with Crippen LogP contribution in [0.2, 0.25) is 0 Å². The summed E-state index contributed by atoms with van der Waals surface area (Å²) in [4.78, 5) is 11.1. The van der Waals surface area contributed by atoms with E-state index in [0.29, 0.717) is 5.56 Å². The van der Waals surface area contributed by atoms with Gasteiger partial charge in [0.25, 0.3) is 0 Å². The number of hydrogen-bond acceptors (Lipinski definition) is 3. The van der Waals surface area contributed by atoms with Crippen molar-refractivity contribution in [3.05, 3.63) is 33.3 Å². The molecule has 0 radical (unpaired) electrons. The highest BCUT2D eigenvalue weighted by atomic mass is 79.9. The van der Waals surface area contributed by atoms with E-state index in [-0.39, 0.29) is 12.4 Å². The minimum atomic E-state index is -0.316. The standard InChI is InChI=1S/C11H10BrNO2/c1-7-3-10(12)8(4-9(7)6-13)5-11(14)15-2/h3-4H,5H2,1-2H3. The van der Waals surface area contributed by atoms with E-state index in [4.69, 9.17) is 5.26 Å². The van der Waals surface area contributed by atoms with Gasteiger partial charge >= 0.3 is 5.97 Å². The highest BCUT2D eigenvalue weighted by Crippen LogP contribution is 2.22. The summed E-state index contributed by atoms with van der Waals surface area (Å²) in [6, 6.07) is 5.62. The number of nitriles is 1. The lowest BCUT2D eigenvalue weighted by atomic mass is 10.0. The predicted octanol–water partition coefficient (Wildman–Crippen LogP) is 2.34. The molecule has 0 heterocycles. The van der Waals surface area contributed by atoms with Gasteiger partial charge in [-0.05, 0) is 30.2 Å². The van der Waals surface area contributed by atoms with Gasteiger partial charge in [-0.15, -0.1) is 0 Å². The first-order valence-corrected chi connectivity index (χ1v) is 5.13. The third-order valence-corrected chi connectivity index (χ3v) is 2.81. The summed E-state index contributed by atoms with van der Waals surface area (Å²) in [5.74, 6) is -0.316. The number of benzene rings is 1. The van der Waals surface area contributed by atoms with Gasteiger partial charge in [-0.3, -0.25) is 4.79 Å². The number of halogens is 1. The van der Waals surface area contributed by atoms with Crippen LogP contribution in [0.15, 0.2) is 16.6 Å². The summed E-state index contributed by atoms with van der Waals surface area (Å²) in [5, 5.41) is 8.84. The van der Waals surface area contributed by atoms with Crippen LogP contribution in [0.4, 0.5) is 0 Å². The lowest BCUT2D eigenvalue weighted by Crippen LogP contribution is -2.05. The first-order valence-electron chi connectivity index (χ1n) is 4.34. The van der Waals surface area contributed by atoms with Gasteiger partial charge < -0.3 is 4.74 Å². The molecule has 0 bridgehead atoms. The van der Waals surface area contributed by atoms with Gasteiger partial charge in [0, 0.05) is 4.47 Å². The van der Waals surface area contributed by atoms with Crippen LogP contribution in [-0.4, -0.2) is 13.1 Å². The number of carbonyl (C=O) groups excluding carboxylic acids is 1. The molecule has 0 amide bonds. The van der Waals surface area contributed by atoms with Crippen LogP contribution < -0.4 is 0 Å². The molecule has 0 aliphatic rings. The minimum Gasteiger partial charge on any atom is -0.469 e. The predicted molar refractivity (Wildman–Crippen MR) is 59.3 cm³/mol. The summed E-state index contributed by atoms with van der Waals surface area (Å²) in [7, 11) is 1.34. The molecule has 0 aromatic heterocycles. The van der Waals surface area contributed by atoms with Gasteiger partial charge in [0.05, 0.1) is 25.2 Å². The Hall–Kier alpha value is -1.34. The molecule has 3 nitrogen and oxygen atoms in total. The molecule has 15 heavy (non-hydrogen) atoms. The van der Waals surface area contributed by atoms with E-state index in [1.165, 1.54) is 7.11 Å². The maximum Gasteiger partial charge on any atom is 0.310 e. The van der Waals surface area contributed by atoms with Crippen LogP contribution in [0.1, 0.15) is 16.7 Å². The van der Waals surface area contributed by atoms with Gasteiger partial charge in [-0.25, -0.2) is 0 Å². The third kappa shape index (κ3) is 2.80. The Morgan fingerprint density at radius 2 is 2.27 bits per heavy atom. The maximum atomic E-state index is 11.1. The first kappa shape index (κ1) is 11.7. The molecule has 1 rings (SSSR count). The molecule has 0 saturated heterocycles. The van der Waals surface area contributed by atoms with E-state index >= 15 is 0 Å². The topological polar surface area (TPSA) is 50.1 Å². The molecule has 0 spiro atoms. The molecule has 1 aromatic carbocycles. The van der Waals surface area contributed by atoms with E-state index in [1.807, 2.05) is 13.0 Å². The van der Waals surface area contributed by atoms with Crippen LogP contribution in [0, 0.1) is 18.3 Å². The number of nitrogens with zero attached hydrogens (tertiary/aromatic N) is 1. The maximum absolute atomic E-state index is 11.1. The smallest absolute Gasteiger partial charge is 0.310 e. The number of methoxy groups -OCH3 is 1. The van der Waals surface area contributed by atoms with Crippen molar-refractivity contribution < 1.29 is 9.53 Å². The zero-order valence-corrected chi connectivity index (χ0v) is 10.1. The fourth-order valence-electron chi connectivity index (χ4n) is 1.20. The second-order valence-electron chi connectivity index (χ2n) is 3.12. The Morgan fingerprint density at radius 3 is 2.80 bits per heavy atom. The van der Waals surface area contributed by atoms with Crippen molar-refractivity contribution in [2.45, 2.75) is 13.3 Å². The van der Waals surface area contributed by atoms with Crippen molar-refractivity contribution in [1.82, 2.24) is 0 Å². The van der Waals surface area contributed by atoms with Gasteiger partial charge in [0.15, 0.2) is 0 Å². The van der Waals surface area contributed by atoms with Crippen molar-refractivity contribution in [2.75, 3.05) is 7.11 Å². The van der Waals surface area contributed by atoms with Gasteiger partial charge in [0.1, 0.15) is 0 Å². The van der Waals surface area contributed by atoms with E-state index < -0.39 is 0 Å². The zero-order chi connectivity index (χ0) is 11.4. The number of esters is 1. The molecule has 0 saturated carbocycles. The summed E-state index contributed by atoms with van der Waals surface area (Å²) >= 11 is 3.35. The molecule has 4 heteroatoms. The molecule has 0 fully saturated rings. The zero-order valence-electron chi connectivity index (χ0n) is 8.50. The van der Waals surface area contributed by atoms with E-state index in [0.717, 1.165) is 15.6 Å². The Morgan fingerprint density at radius 1 is 1.60 bits per heavy atom. The second-order valence-corrected chi connectivity index (χ2v) is 3.98. The van der Waals surface area contributed by atoms with Crippen molar-refractivity contribution in [2.24, 2.45) is 0 Å². The molecule has 0 unspecified atom stereocenters.